The third kappa shape index (κ3) is 8.56. The highest BCUT2D eigenvalue weighted by molar-refractivity contribution is 6.42. The van der Waals surface area contributed by atoms with Gasteiger partial charge in [-0.25, -0.2) is 4.79 Å². The first kappa shape index (κ1) is 29.8. The molecule has 11 heteroatoms. The van der Waals surface area contributed by atoms with Gasteiger partial charge in [-0.2, -0.15) is 0 Å². The van der Waals surface area contributed by atoms with Crippen molar-refractivity contribution in [2.24, 2.45) is 22.2 Å². The SMILES string of the molecule is CCC[C@](N)(CCCN=C(N)N)C(=O)C(=O)[C@@H]1CCCN1C(=O)[C@H](Cc1ccccc1)NC(=O)OCC. The summed E-state index contributed by atoms with van der Waals surface area (Å²) in [5, 5.41) is 2.62. The number of carbonyl (C=O) groups is 4. The number of amides is 2. The van der Waals surface area contributed by atoms with E-state index in [1.165, 1.54) is 4.90 Å². The Balaban J connectivity index is 2.21. The van der Waals surface area contributed by atoms with E-state index in [0.717, 1.165) is 5.56 Å². The minimum atomic E-state index is -1.37. The van der Waals surface area contributed by atoms with Crippen LogP contribution in [0.2, 0.25) is 0 Å². The zero-order chi connectivity index (χ0) is 27.4. The minimum Gasteiger partial charge on any atom is -0.450 e. The number of ether oxygens (including phenoxy) is 1. The van der Waals surface area contributed by atoms with Crippen molar-refractivity contribution in [3.8, 4) is 0 Å². The van der Waals surface area contributed by atoms with E-state index in [2.05, 4.69) is 10.3 Å². The summed E-state index contributed by atoms with van der Waals surface area (Å²) in [5.41, 5.74) is 16.6. The molecule has 1 aromatic rings. The molecule has 1 fully saturated rings. The lowest BCUT2D eigenvalue weighted by molar-refractivity contribution is -0.146. The van der Waals surface area contributed by atoms with Gasteiger partial charge in [0.2, 0.25) is 17.5 Å². The van der Waals surface area contributed by atoms with Gasteiger partial charge in [0.05, 0.1) is 18.2 Å². The summed E-state index contributed by atoms with van der Waals surface area (Å²) in [5.74, 6) is -1.87. The lowest BCUT2D eigenvalue weighted by Crippen LogP contribution is -2.58. The second-order valence-electron chi connectivity index (χ2n) is 9.31. The van der Waals surface area contributed by atoms with Gasteiger partial charge >= 0.3 is 6.09 Å². The molecule has 3 atom stereocenters. The van der Waals surface area contributed by atoms with Crippen molar-refractivity contribution in [1.82, 2.24) is 10.2 Å². The number of guanidine groups is 1. The molecule has 0 spiro atoms. The second-order valence-corrected chi connectivity index (χ2v) is 9.31. The summed E-state index contributed by atoms with van der Waals surface area (Å²) < 4.78 is 4.99. The number of benzene rings is 1. The van der Waals surface area contributed by atoms with E-state index < -0.39 is 41.2 Å². The first-order valence-electron chi connectivity index (χ1n) is 12.8. The van der Waals surface area contributed by atoms with Crippen LogP contribution in [0.1, 0.15) is 57.9 Å². The molecule has 0 aliphatic carbocycles. The number of nitrogens with two attached hydrogens (primary N) is 3. The quantitative estimate of drug-likeness (QED) is 0.122. The predicted octanol–water partition coefficient (Wildman–Crippen LogP) is 1.02. The van der Waals surface area contributed by atoms with E-state index in [9.17, 15) is 19.2 Å². The van der Waals surface area contributed by atoms with Gasteiger partial charge in [-0.05, 0) is 44.6 Å². The fourth-order valence-electron chi connectivity index (χ4n) is 4.67. The van der Waals surface area contributed by atoms with Crippen LogP contribution in [-0.4, -0.2) is 71.7 Å². The number of hydrogen-bond acceptors (Lipinski definition) is 7. The van der Waals surface area contributed by atoms with E-state index in [1.807, 2.05) is 37.3 Å². The molecule has 2 amide bonds. The topological polar surface area (TPSA) is 183 Å². The molecule has 0 bridgehead atoms. The van der Waals surface area contributed by atoms with Gasteiger partial charge < -0.3 is 32.2 Å². The Bertz CT molecular complexity index is 965. The monoisotopic (exact) mass is 516 g/mol. The molecule has 0 saturated carbocycles. The van der Waals surface area contributed by atoms with Gasteiger partial charge in [-0.3, -0.25) is 19.4 Å². The molecule has 1 aliphatic rings. The molecular weight excluding hydrogens is 476 g/mol. The Hall–Kier alpha value is -3.47. The van der Waals surface area contributed by atoms with Crippen LogP contribution in [0.4, 0.5) is 4.79 Å². The summed E-state index contributed by atoms with van der Waals surface area (Å²) in [6, 6.07) is 7.33. The molecule has 0 radical (unpaired) electrons. The van der Waals surface area contributed by atoms with E-state index in [4.69, 9.17) is 21.9 Å². The minimum absolute atomic E-state index is 0.0536. The number of ketones is 2. The molecule has 0 aromatic heterocycles. The first-order chi connectivity index (χ1) is 17.6. The number of likely N-dealkylation sites (tertiary alicyclic amines) is 1. The van der Waals surface area contributed by atoms with Crippen molar-refractivity contribution >= 4 is 29.5 Å². The summed E-state index contributed by atoms with van der Waals surface area (Å²) >= 11 is 0. The molecule has 1 saturated heterocycles. The first-order valence-corrected chi connectivity index (χ1v) is 12.8. The van der Waals surface area contributed by atoms with Crippen molar-refractivity contribution in [3.05, 3.63) is 35.9 Å². The Labute approximate surface area is 218 Å². The fourth-order valence-corrected chi connectivity index (χ4v) is 4.67. The maximum absolute atomic E-state index is 13.6. The number of carbonyl (C=O) groups excluding carboxylic acids is 4. The van der Waals surface area contributed by atoms with Gasteiger partial charge in [-0.1, -0.05) is 43.7 Å². The third-order valence-corrected chi connectivity index (χ3v) is 6.43. The molecule has 37 heavy (non-hydrogen) atoms. The zero-order valence-corrected chi connectivity index (χ0v) is 21.8. The lowest BCUT2D eigenvalue weighted by atomic mass is 9.81. The van der Waals surface area contributed by atoms with Crippen LogP contribution < -0.4 is 22.5 Å². The number of nitrogens with one attached hydrogen (secondary N) is 1. The molecule has 7 N–H and O–H groups in total. The van der Waals surface area contributed by atoms with Crippen LogP contribution in [0, 0.1) is 0 Å². The Morgan fingerprint density at radius 3 is 2.49 bits per heavy atom. The number of nitrogens with zero attached hydrogens (tertiary/aromatic N) is 2. The van der Waals surface area contributed by atoms with Crippen molar-refractivity contribution in [2.45, 2.75) is 76.4 Å². The van der Waals surface area contributed by atoms with Crippen LogP contribution >= 0.6 is 0 Å². The largest absolute Gasteiger partial charge is 0.450 e. The number of Topliss-reactive ketones (excluding diaryl/α,β-unsaturated/α-hetero) is 2. The van der Waals surface area contributed by atoms with Crippen LogP contribution in [0.3, 0.4) is 0 Å². The molecule has 1 aliphatic heterocycles. The van der Waals surface area contributed by atoms with Crippen molar-refractivity contribution in [3.63, 3.8) is 0 Å². The third-order valence-electron chi connectivity index (χ3n) is 6.43. The molecule has 1 heterocycles. The lowest BCUT2D eigenvalue weighted by Gasteiger charge is -2.31. The van der Waals surface area contributed by atoms with E-state index in [0.29, 0.717) is 45.2 Å². The standard InChI is InChI=1S/C26H40N6O5/c1-3-13-26(29,14-9-15-30-24(27)28)22(34)21(33)20-12-8-16-32(20)23(35)19(31-25(36)37-4-2)17-18-10-6-5-7-11-18/h5-7,10-11,19-20H,3-4,8-9,12-17,29H2,1-2H3,(H,31,36)(H4,27,28,30)/t19-,20-,26-/m0/s1. The predicted molar refractivity (Wildman–Crippen MR) is 141 cm³/mol. The molecule has 1 aromatic carbocycles. The maximum atomic E-state index is 13.6. The number of alkyl carbamates (subject to hydrolysis) is 1. The molecule has 0 unspecified atom stereocenters. The Kier molecular flexibility index (Phi) is 11.5. The smallest absolute Gasteiger partial charge is 0.407 e. The van der Waals surface area contributed by atoms with Crippen molar-refractivity contribution in [1.29, 1.82) is 0 Å². The van der Waals surface area contributed by atoms with Crippen LogP contribution in [0.25, 0.3) is 0 Å². The molecule has 204 valence electrons. The number of aliphatic imine (C=N–C) groups is 1. The van der Waals surface area contributed by atoms with Crippen LogP contribution in [0.15, 0.2) is 35.3 Å². The normalized spacial score (nSPS) is 17.4. The summed E-state index contributed by atoms with van der Waals surface area (Å²) in [6.07, 6.45) is 2.00. The van der Waals surface area contributed by atoms with Crippen LogP contribution in [-0.2, 0) is 25.5 Å². The summed E-state index contributed by atoms with van der Waals surface area (Å²) in [7, 11) is 0. The van der Waals surface area contributed by atoms with E-state index in [-0.39, 0.29) is 25.4 Å². The Morgan fingerprint density at radius 1 is 1.16 bits per heavy atom. The van der Waals surface area contributed by atoms with Gasteiger partial charge in [0.1, 0.15) is 6.04 Å². The summed E-state index contributed by atoms with van der Waals surface area (Å²) in [4.78, 5) is 57.9. The highest BCUT2D eigenvalue weighted by Crippen LogP contribution is 2.25. The summed E-state index contributed by atoms with van der Waals surface area (Å²) in [6.45, 7) is 4.29. The number of hydrogen-bond donors (Lipinski definition) is 4. The molecule has 2 rings (SSSR count). The van der Waals surface area contributed by atoms with Crippen molar-refractivity contribution in [2.75, 3.05) is 19.7 Å². The van der Waals surface area contributed by atoms with Crippen LogP contribution in [0.5, 0.6) is 0 Å². The number of rotatable bonds is 14. The average Bonchev–Trinajstić information content (AvgIpc) is 3.36. The molecular formula is C26H40N6O5. The highest BCUT2D eigenvalue weighted by atomic mass is 16.5. The maximum Gasteiger partial charge on any atom is 0.407 e. The highest BCUT2D eigenvalue weighted by Gasteiger charge is 2.45. The average molecular weight is 517 g/mol. The van der Waals surface area contributed by atoms with E-state index in [1.54, 1.807) is 6.92 Å². The van der Waals surface area contributed by atoms with Gasteiger partial charge in [0.15, 0.2) is 5.96 Å². The van der Waals surface area contributed by atoms with E-state index >= 15 is 0 Å². The van der Waals surface area contributed by atoms with Gasteiger partial charge in [-0.15, -0.1) is 0 Å². The Morgan fingerprint density at radius 2 is 1.86 bits per heavy atom. The fraction of sp³-hybridized carbons (Fsp3) is 0.577. The van der Waals surface area contributed by atoms with Gasteiger partial charge in [0, 0.05) is 19.5 Å². The van der Waals surface area contributed by atoms with Gasteiger partial charge in [0.25, 0.3) is 0 Å². The zero-order valence-electron chi connectivity index (χ0n) is 21.8. The molecule has 11 nitrogen and oxygen atoms in total. The van der Waals surface area contributed by atoms with Crippen molar-refractivity contribution < 1.29 is 23.9 Å². The second kappa shape index (κ2) is 14.3.